The average molecular weight is 290 g/mol. The molecule has 0 amide bonds. The van der Waals surface area contributed by atoms with Gasteiger partial charge in [-0.1, -0.05) is 20.8 Å². The Morgan fingerprint density at radius 2 is 2.29 bits per heavy atom. The standard InChI is InChI=1S/C14H22N6O/c1-14(2,3)13-17-12(18-19-13)10-8-20(6-7-21-10)9-11-15-4-5-16-11/h4-5,10H,6-9H2,1-3H3,(H,15,16)(H,17,18,19)/t10-/m0/s1. The quantitative estimate of drug-likeness (QED) is 0.893. The van der Waals surface area contributed by atoms with Crippen LogP contribution in [0.1, 0.15) is 44.3 Å². The van der Waals surface area contributed by atoms with Gasteiger partial charge in [0.2, 0.25) is 0 Å². The number of hydrogen-bond donors (Lipinski definition) is 2. The molecule has 1 fully saturated rings. The number of aromatic nitrogens is 5. The topological polar surface area (TPSA) is 82.7 Å². The van der Waals surface area contributed by atoms with Crippen LogP contribution >= 0.6 is 0 Å². The number of rotatable bonds is 3. The molecule has 0 unspecified atom stereocenters. The Kier molecular flexibility index (Phi) is 3.77. The van der Waals surface area contributed by atoms with Crippen LogP contribution in [0.5, 0.6) is 0 Å². The van der Waals surface area contributed by atoms with Gasteiger partial charge in [-0.05, 0) is 0 Å². The molecule has 7 heteroatoms. The highest BCUT2D eigenvalue weighted by Gasteiger charge is 2.27. The van der Waals surface area contributed by atoms with E-state index in [0.29, 0.717) is 6.61 Å². The zero-order valence-corrected chi connectivity index (χ0v) is 12.8. The number of aromatic amines is 2. The van der Waals surface area contributed by atoms with Crippen LogP contribution in [0.15, 0.2) is 12.4 Å². The maximum absolute atomic E-state index is 5.83. The number of imidazole rings is 1. The summed E-state index contributed by atoms with van der Waals surface area (Å²) >= 11 is 0. The minimum Gasteiger partial charge on any atom is -0.368 e. The van der Waals surface area contributed by atoms with Gasteiger partial charge in [0.25, 0.3) is 0 Å². The molecule has 1 aliphatic heterocycles. The molecule has 1 atom stereocenters. The second kappa shape index (κ2) is 5.57. The maximum Gasteiger partial charge on any atom is 0.156 e. The molecule has 1 aliphatic rings. The fourth-order valence-electron chi connectivity index (χ4n) is 2.36. The summed E-state index contributed by atoms with van der Waals surface area (Å²) in [5, 5.41) is 7.34. The predicted octanol–water partition coefficient (Wildman–Crippen LogP) is 1.40. The van der Waals surface area contributed by atoms with Crippen LogP contribution in [-0.2, 0) is 16.7 Å². The van der Waals surface area contributed by atoms with Crippen molar-refractivity contribution in [2.24, 2.45) is 0 Å². The van der Waals surface area contributed by atoms with E-state index < -0.39 is 0 Å². The molecule has 2 aromatic rings. The fourth-order valence-corrected chi connectivity index (χ4v) is 2.36. The zero-order chi connectivity index (χ0) is 14.9. The molecule has 2 N–H and O–H groups in total. The van der Waals surface area contributed by atoms with Crippen molar-refractivity contribution in [2.75, 3.05) is 19.7 Å². The number of hydrogen-bond acceptors (Lipinski definition) is 5. The number of H-pyrrole nitrogens is 2. The molecule has 3 heterocycles. The molecule has 0 spiro atoms. The van der Waals surface area contributed by atoms with Gasteiger partial charge in [-0.15, -0.1) is 0 Å². The van der Waals surface area contributed by atoms with Crippen molar-refractivity contribution in [3.8, 4) is 0 Å². The van der Waals surface area contributed by atoms with Gasteiger partial charge in [0.15, 0.2) is 11.6 Å². The summed E-state index contributed by atoms with van der Waals surface area (Å²) in [6.45, 7) is 9.49. The normalized spacial score (nSPS) is 20.8. The number of morpholine rings is 1. The first-order valence-electron chi connectivity index (χ1n) is 7.27. The summed E-state index contributed by atoms with van der Waals surface area (Å²) in [5.74, 6) is 2.61. The van der Waals surface area contributed by atoms with Gasteiger partial charge in [0, 0.05) is 30.9 Å². The van der Waals surface area contributed by atoms with Crippen molar-refractivity contribution in [1.29, 1.82) is 0 Å². The second-order valence-corrected chi connectivity index (χ2v) is 6.42. The van der Waals surface area contributed by atoms with Crippen LogP contribution in [0.4, 0.5) is 0 Å². The first kappa shape index (κ1) is 14.2. The second-order valence-electron chi connectivity index (χ2n) is 6.42. The molecule has 21 heavy (non-hydrogen) atoms. The molecule has 0 saturated carbocycles. The predicted molar refractivity (Wildman–Crippen MR) is 77.6 cm³/mol. The van der Waals surface area contributed by atoms with E-state index in [2.05, 4.69) is 50.8 Å². The summed E-state index contributed by atoms with van der Waals surface area (Å²) in [6, 6.07) is 0. The van der Waals surface area contributed by atoms with Gasteiger partial charge < -0.3 is 9.72 Å². The minimum atomic E-state index is -0.0583. The number of ether oxygens (including phenoxy) is 1. The molecule has 7 nitrogen and oxygen atoms in total. The summed E-state index contributed by atoms with van der Waals surface area (Å²) in [4.78, 5) is 14.3. The molecule has 0 bridgehead atoms. The van der Waals surface area contributed by atoms with E-state index in [1.807, 2.05) is 6.20 Å². The smallest absolute Gasteiger partial charge is 0.156 e. The average Bonchev–Trinajstić information content (AvgIpc) is 3.09. The van der Waals surface area contributed by atoms with E-state index in [1.165, 1.54) is 0 Å². The third-order valence-electron chi connectivity index (χ3n) is 3.56. The molecule has 0 aliphatic carbocycles. The number of nitrogens with zero attached hydrogens (tertiary/aromatic N) is 4. The Labute approximate surface area is 124 Å². The number of nitrogens with one attached hydrogen (secondary N) is 2. The molecular formula is C14H22N6O. The Morgan fingerprint density at radius 1 is 1.43 bits per heavy atom. The monoisotopic (exact) mass is 290 g/mol. The van der Waals surface area contributed by atoms with Gasteiger partial charge in [-0.25, -0.2) is 9.97 Å². The zero-order valence-electron chi connectivity index (χ0n) is 12.8. The Hall–Kier alpha value is -1.73. The van der Waals surface area contributed by atoms with Crippen molar-refractivity contribution >= 4 is 0 Å². The van der Waals surface area contributed by atoms with E-state index in [1.54, 1.807) is 6.20 Å². The summed E-state index contributed by atoms with van der Waals surface area (Å²) in [6.07, 6.45) is 3.57. The van der Waals surface area contributed by atoms with Gasteiger partial charge in [-0.3, -0.25) is 10.00 Å². The Bertz CT molecular complexity index is 571. The van der Waals surface area contributed by atoms with E-state index in [4.69, 9.17) is 4.74 Å². The van der Waals surface area contributed by atoms with Crippen LogP contribution in [0.3, 0.4) is 0 Å². The highest BCUT2D eigenvalue weighted by atomic mass is 16.5. The fraction of sp³-hybridized carbons (Fsp3) is 0.643. The van der Waals surface area contributed by atoms with Crippen molar-refractivity contribution in [2.45, 2.75) is 38.8 Å². The highest BCUT2D eigenvalue weighted by Crippen LogP contribution is 2.23. The van der Waals surface area contributed by atoms with Crippen molar-refractivity contribution in [3.63, 3.8) is 0 Å². The first-order valence-corrected chi connectivity index (χ1v) is 7.27. The van der Waals surface area contributed by atoms with E-state index >= 15 is 0 Å². The van der Waals surface area contributed by atoms with Gasteiger partial charge >= 0.3 is 0 Å². The molecule has 114 valence electrons. The van der Waals surface area contributed by atoms with Gasteiger partial charge in [0.05, 0.1) is 13.2 Å². The highest BCUT2D eigenvalue weighted by molar-refractivity contribution is 5.04. The summed E-state index contributed by atoms with van der Waals surface area (Å²) < 4.78 is 5.83. The third kappa shape index (κ3) is 3.30. The van der Waals surface area contributed by atoms with E-state index in [9.17, 15) is 0 Å². The molecule has 0 radical (unpaired) electrons. The van der Waals surface area contributed by atoms with Crippen LogP contribution in [0, 0.1) is 0 Å². The first-order chi connectivity index (χ1) is 10.0. The van der Waals surface area contributed by atoms with Crippen LogP contribution in [0.25, 0.3) is 0 Å². The SMILES string of the molecule is CC(C)(C)c1n[nH]c([C@@H]2CN(Cc3ncc[nH]3)CCO2)n1. The van der Waals surface area contributed by atoms with Crippen LogP contribution in [-0.4, -0.2) is 49.7 Å². The van der Waals surface area contributed by atoms with Crippen molar-refractivity contribution in [3.05, 3.63) is 29.9 Å². The maximum atomic E-state index is 5.83. The van der Waals surface area contributed by atoms with Gasteiger partial charge in [-0.2, -0.15) is 5.10 Å². The lowest BCUT2D eigenvalue weighted by Gasteiger charge is -2.31. The van der Waals surface area contributed by atoms with E-state index in [0.717, 1.165) is 37.1 Å². The molecular weight excluding hydrogens is 268 g/mol. The lowest BCUT2D eigenvalue weighted by atomic mass is 9.96. The largest absolute Gasteiger partial charge is 0.368 e. The summed E-state index contributed by atoms with van der Waals surface area (Å²) in [5.41, 5.74) is -0.0583. The minimum absolute atomic E-state index is 0.0580. The van der Waals surface area contributed by atoms with Crippen molar-refractivity contribution in [1.82, 2.24) is 30.0 Å². The summed E-state index contributed by atoms with van der Waals surface area (Å²) in [7, 11) is 0. The van der Waals surface area contributed by atoms with Gasteiger partial charge in [0.1, 0.15) is 11.9 Å². The Morgan fingerprint density at radius 3 is 2.95 bits per heavy atom. The van der Waals surface area contributed by atoms with Crippen molar-refractivity contribution < 1.29 is 4.74 Å². The third-order valence-corrected chi connectivity index (χ3v) is 3.56. The Balaban J connectivity index is 1.67. The van der Waals surface area contributed by atoms with E-state index in [-0.39, 0.29) is 11.5 Å². The molecule has 2 aromatic heterocycles. The van der Waals surface area contributed by atoms with Crippen LogP contribution in [0.2, 0.25) is 0 Å². The lowest BCUT2D eigenvalue weighted by molar-refractivity contribution is -0.0377. The molecule has 3 rings (SSSR count). The molecule has 0 aromatic carbocycles. The van der Waals surface area contributed by atoms with Crippen LogP contribution < -0.4 is 0 Å². The molecule has 1 saturated heterocycles. The lowest BCUT2D eigenvalue weighted by Crippen LogP contribution is -2.38.